The molecule has 0 spiro atoms. The summed E-state index contributed by atoms with van der Waals surface area (Å²) in [6, 6.07) is 5.49. The molecule has 0 bridgehead atoms. The van der Waals surface area contributed by atoms with Gasteiger partial charge in [-0.1, -0.05) is 18.3 Å². The first kappa shape index (κ1) is 19.8. The summed E-state index contributed by atoms with van der Waals surface area (Å²) in [5.41, 5.74) is 0.190. The molecule has 27 heavy (non-hydrogen) atoms. The van der Waals surface area contributed by atoms with Crippen LogP contribution in [0.15, 0.2) is 29.2 Å². The summed E-state index contributed by atoms with van der Waals surface area (Å²) in [6.45, 7) is 3.06. The molecule has 0 atom stereocenters. The minimum Gasteiger partial charge on any atom is -0.296 e. The first-order valence-corrected chi connectivity index (χ1v) is 10.6. The third kappa shape index (κ3) is 4.47. The van der Waals surface area contributed by atoms with Crippen LogP contribution in [0.4, 0.5) is 13.9 Å². The van der Waals surface area contributed by atoms with Crippen molar-refractivity contribution in [2.24, 2.45) is 5.92 Å². The van der Waals surface area contributed by atoms with Crippen LogP contribution >= 0.6 is 11.3 Å². The Morgan fingerprint density at radius 3 is 2.41 bits per heavy atom. The Morgan fingerprint density at radius 1 is 1.22 bits per heavy atom. The highest BCUT2D eigenvalue weighted by Gasteiger charge is 2.28. The molecule has 1 amide bonds. The number of piperidine rings is 1. The normalized spacial score (nSPS) is 16.6. The van der Waals surface area contributed by atoms with Gasteiger partial charge in [-0.3, -0.25) is 10.1 Å². The van der Waals surface area contributed by atoms with E-state index in [4.69, 9.17) is 0 Å². The van der Waals surface area contributed by atoms with Gasteiger partial charge in [0, 0.05) is 18.7 Å². The van der Waals surface area contributed by atoms with E-state index in [9.17, 15) is 22.0 Å². The lowest BCUT2D eigenvalue weighted by Gasteiger charge is -2.29. The second-order valence-corrected chi connectivity index (χ2v) is 9.26. The van der Waals surface area contributed by atoms with Crippen LogP contribution in [0.3, 0.4) is 0 Å². The molecule has 1 aromatic heterocycles. The van der Waals surface area contributed by atoms with Crippen molar-refractivity contribution >= 4 is 32.4 Å². The molecule has 1 aliphatic heterocycles. The monoisotopic (exact) mass is 416 g/mol. The summed E-state index contributed by atoms with van der Waals surface area (Å²) >= 11 is 0.584. The second-order valence-electron chi connectivity index (χ2n) is 6.31. The fourth-order valence-electron chi connectivity index (χ4n) is 2.70. The number of anilines is 1. The molecule has 1 N–H and O–H groups in total. The second kappa shape index (κ2) is 7.95. The van der Waals surface area contributed by atoms with Crippen LogP contribution < -0.4 is 5.32 Å². The standard InChI is InChI=1S/C16H18F2N4O3S2/c1-10-6-8-22(9-7-10)27(24,25)12-4-2-11(3-5-12)14(23)19-16-21-20-15(26-16)13(17)18/h2-5,10,13H,6-9H2,1H3,(H,19,21,23). The van der Waals surface area contributed by atoms with Crippen LogP contribution in [-0.2, 0) is 10.0 Å². The van der Waals surface area contributed by atoms with Gasteiger partial charge in [0.1, 0.15) is 0 Å². The Bertz CT molecular complexity index is 908. The highest BCUT2D eigenvalue weighted by molar-refractivity contribution is 7.89. The van der Waals surface area contributed by atoms with E-state index >= 15 is 0 Å². The van der Waals surface area contributed by atoms with Gasteiger partial charge in [-0.05, 0) is 43.0 Å². The number of amides is 1. The molecule has 1 fully saturated rings. The van der Waals surface area contributed by atoms with E-state index in [2.05, 4.69) is 22.4 Å². The summed E-state index contributed by atoms with van der Waals surface area (Å²) in [5, 5.41) is 8.61. The zero-order valence-electron chi connectivity index (χ0n) is 14.4. The lowest BCUT2D eigenvalue weighted by atomic mass is 10.0. The van der Waals surface area contributed by atoms with Gasteiger partial charge in [0.2, 0.25) is 15.2 Å². The van der Waals surface area contributed by atoms with Crippen molar-refractivity contribution in [3.8, 4) is 0 Å². The van der Waals surface area contributed by atoms with E-state index in [1.165, 1.54) is 28.6 Å². The van der Waals surface area contributed by atoms with Crippen LogP contribution in [0.2, 0.25) is 0 Å². The summed E-state index contributed by atoms with van der Waals surface area (Å²) in [4.78, 5) is 12.3. The first-order valence-electron chi connectivity index (χ1n) is 8.30. The molecule has 146 valence electrons. The number of halogens is 2. The molecule has 3 rings (SSSR count). The van der Waals surface area contributed by atoms with Gasteiger partial charge in [0.05, 0.1) is 4.90 Å². The fourth-order valence-corrected chi connectivity index (χ4v) is 4.76. The van der Waals surface area contributed by atoms with Gasteiger partial charge in [0.25, 0.3) is 12.3 Å². The molecule has 1 aromatic carbocycles. The van der Waals surface area contributed by atoms with Crippen LogP contribution in [0, 0.1) is 5.92 Å². The number of sulfonamides is 1. The largest absolute Gasteiger partial charge is 0.296 e. The predicted molar refractivity (Wildman–Crippen MR) is 96.4 cm³/mol. The molecule has 2 heterocycles. The summed E-state index contributed by atoms with van der Waals surface area (Å²) in [5.74, 6) is -0.0730. The number of benzene rings is 1. The zero-order chi connectivity index (χ0) is 19.6. The zero-order valence-corrected chi connectivity index (χ0v) is 16.1. The number of rotatable bonds is 5. The average molecular weight is 416 g/mol. The van der Waals surface area contributed by atoms with E-state index in [0.29, 0.717) is 30.3 Å². The van der Waals surface area contributed by atoms with Crippen molar-refractivity contribution in [2.75, 3.05) is 18.4 Å². The maximum atomic E-state index is 12.7. The number of carbonyl (C=O) groups excluding carboxylic acids is 1. The van der Waals surface area contributed by atoms with Crippen molar-refractivity contribution < 1.29 is 22.0 Å². The molecule has 1 saturated heterocycles. The minimum atomic E-state index is -3.60. The quantitative estimate of drug-likeness (QED) is 0.808. The van der Waals surface area contributed by atoms with Crippen LogP contribution in [0.25, 0.3) is 0 Å². The molecule has 0 aliphatic carbocycles. The number of hydrogen-bond donors (Lipinski definition) is 1. The van der Waals surface area contributed by atoms with Gasteiger partial charge >= 0.3 is 0 Å². The average Bonchev–Trinajstić information content (AvgIpc) is 3.11. The molecular formula is C16H18F2N4O3S2. The Balaban J connectivity index is 1.69. The van der Waals surface area contributed by atoms with Gasteiger partial charge in [-0.25, -0.2) is 17.2 Å². The summed E-state index contributed by atoms with van der Waals surface area (Å²) in [6.07, 6.45) is -1.11. The number of aromatic nitrogens is 2. The van der Waals surface area contributed by atoms with E-state index < -0.39 is 27.4 Å². The van der Waals surface area contributed by atoms with E-state index in [-0.39, 0.29) is 15.6 Å². The Kier molecular flexibility index (Phi) is 5.82. The summed E-state index contributed by atoms with van der Waals surface area (Å²) in [7, 11) is -3.60. The van der Waals surface area contributed by atoms with Crippen LogP contribution in [0.5, 0.6) is 0 Å². The Labute approximate surface area is 159 Å². The van der Waals surface area contributed by atoms with E-state index in [1.54, 1.807) is 0 Å². The Hall–Kier alpha value is -1.98. The van der Waals surface area contributed by atoms with E-state index in [1.807, 2.05) is 0 Å². The van der Waals surface area contributed by atoms with Crippen LogP contribution in [-0.4, -0.2) is 41.9 Å². The smallest absolute Gasteiger partial charge is 0.291 e. The number of nitrogens with one attached hydrogen (secondary N) is 1. The molecule has 1 aliphatic rings. The van der Waals surface area contributed by atoms with Gasteiger partial charge in [-0.2, -0.15) is 4.31 Å². The highest BCUT2D eigenvalue weighted by Crippen LogP contribution is 2.26. The third-order valence-corrected chi connectivity index (χ3v) is 7.10. The lowest BCUT2D eigenvalue weighted by Crippen LogP contribution is -2.37. The third-order valence-electron chi connectivity index (χ3n) is 4.34. The number of hydrogen-bond acceptors (Lipinski definition) is 6. The lowest BCUT2D eigenvalue weighted by molar-refractivity contribution is 0.102. The molecule has 7 nitrogen and oxygen atoms in total. The Morgan fingerprint density at radius 2 is 1.85 bits per heavy atom. The SMILES string of the molecule is CC1CCN(S(=O)(=O)c2ccc(C(=O)Nc3nnc(C(F)F)s3)cc2)CC1. The van der Waals surface area contributed by atoms with Gasteiger partial charge < -0.3 is 0 Å². The summed E-state index contributed by atoms with van der Waals surface area (Å²) < 4.78 is 51.8. The molecule has 0 saturated carbocycles. The van der Waals surface area contributed by atoms with Gasteiger partial charge in [-0.15, -0.1) is 10.2 Å². The van der Waals surface area contributed by atoms with Crippen molar-refractivity contribution in [1.82, 2.24) is 14.5 Å². The number of alkyl halides is 2. The molecule has 2 aromatic rings. The minimum absolute atomic E-state index is 0.0468. The topological polar surface area (TPSA) is 92.3 Å². The molecule has 0 radical (unpaired) electrons. The maximum absolute atomic E-state index is 12.7. The number of nitrogens with zero attached hydrogens (tertiary/aromatic N) is 3. The van der Waals surface area contributed by atoms with Crippen LogP contribution in [0.1, 0.15) is 41.6 Å². The van der Waals surface area contributed by atoms with Crippen molar-refractivity contribution in [2.45, 2.75) is 31.1 Å². The van der Waals surface area contributed by atoms with Gasteiger partial charge in [0.15, 0.2) is 5.01 Å². The predicted octanol–water partition coefficient (Wildman–Crippen LogP) is 3.15. The molecule has 0 unspecified atom stereocenters. The van der Waals surface area contributed by atoms with Crippen molar-refractivity contribution in [3.05, 3.63) is 34.8 Å². The fraction of sp³-hybridized carbons (Fsp3) is 0.438. The van der Waals surface area contributed by atoms with Crippen molar-refractivity contribution in [3.63, 3.8) is 0 Å². The van der Waals surface area contributed by atoms with Crippen molar-refractivity contribution in [1.29, 1.82) is 0 Å². The molecule has 11 heteroatoms. The highest BCUT2D eigenvalue weighted by atomic mass is 32.2. The maximum Gasteiger partial charge on any atom is 0.291 e. The first-order chi connectivity index (χ1) is 12.8. The number of carbonyl (C=O) groups is 1. The molecular weight excluding hydrogens is 398 g/mol. The van der Waals surface area contributed by atoms with E-state index in [0.717, 1.165) is 12.8 Å².